The number of hydrogen-bond acceptors (Lipinski definition) is 22. The number of ketones is 6. The van der Waals surface area contributed by atoms with E-state index < -0.39 is 241 Å². The number of nitrogens with one attached hydrogen (secondary N) is 4. The molecule has 6 rings (SSSR count). The third-order valence-corrected chi connectivity index (χ3v) is 17.5. The number of nitrogens with two attached hydrogens (primary N) is 1. The molecule has 3 aromatic carbocycles. The molecule has 1 heterocycles. The lowest BCUT2D eigenvalue weighted by Crippen LogP contribution is -2.58. The van der Waals surface area contributed by atoms with Crippen LogP contribution < -0.4 is 27.0 Å². The summed E-state index contributed by atoms with van der Waals surface area (Å²) < 4.78 is 17.9. The van der Waals surface area contributed by atoms with Gasteiger partial charge >= 0.3 is 24.0 Å². The molecule has 0 bridgehead atoms. The van der Waals surface area contributed by atoms with Crippen molar-refractivity contribution in [1.29, 1.82) is 0 Å². The largest absolute Gasteiger partial charge is 0.507 e. The molecular formula is C66H83N5O24. The summed E-state index contributed by atoms with van der Waals surface area (Å²) in [4.78, 5) is 171. The first kappa shape index (κ1) is 75.2. The Labute approximate surface area is 545 Å². The van der Waals surface area contributed by atoms with Crippen molar-refractivity contribution in [2.75, 3.05) is 19.7 Å². The number of fused-ring (bicyclic) bond motifs is 3. The van der Waals surface area contributed by atoms with Crippen LogP contribution in [0.3, 0.4) is 0 Å². The van der Waals surface area contributed by atoms with Crippen molar-refractivity contribution in [3.05, 3.63) is 92.5 Å². The molecule has 0 spiro atoms. The van der Waals surface area contributed by atoms with Gasteiger partial charge in [0.1, 0.15) is 42.0 Å². The molecule has 29 heteroatoms. The van der Waals surface area contributed by atoms with Gasteiger partial charge in [0.2, 0.25) is 17.7 Å². The standard InChI is InChI=1S/C66H83N5O24/c1-31(2)40(23-46(75)42(17-18-48(77)78)69-62(89)37(22-49(79)80)21-38(73)27-68-61(88)33(4)10-7-8-19-67)63(90)70-43(24-50(81)82)45(74)20-35-13-15-36(16-14-35)29-93-64(91)71-44-25-51(94-34(5)56(44)83)95-65(6)30-66(92,47(76)28-72)26-41-55(65)60(87)54-53(58(41)85)57(84)39-12-9-11-32(3)52(39)59(54)86/h9,11-16,31,33-34,37,40,42-44,51,56,72,83,85,87,92H,7-8,10,17-30,67H2,1-6H3,(H,68,88)(H,69,89)(H,70,90)(H,71,91)(H,77,78)(H,79,80)(H,81,82)/t33-,34-,37-,40-,42-,43-,44-,51-,56+,65-,66-/m0/s1. The summed E-state index contributed by atoms with van der Waals surface area (Å²) in [6, 6.07) is 5.93. The van der Waals surface area contributed by atoms with Gasteiger partial charge in [-0.15, -0.1) is 0 Å². The number of hydrogen-bond donors (Lipinski definition) is 13. The predicted molar refractivity (Wildman–Crippen MR) is 330 cm³/mol. The fourth-order valence-electron chi connectivity index (χ4n) is 12.3. The zero-order valence-corrected chi connectivity index (χ0v) is 53.5. The number of aliphatic hydroxyl groups excluding tert-OH is 2. The van der Waals surface area contributed by atoms with Gasteiger partial charge in [-0.2, -0.15) is 0 Å². The highest BCUT2D eigenvalue weighted by Gasteiger charge is 2.55. The van der Waals surface area contributed by atoms with Crippen LogP contribution in [0.25, 0.3) is 0 Å². The lowest BCUT2D eigenvalue weighted by atomic mass is 9.67. The SMILES string of the molecule is Cc1cccc2c1C(=O)c1c(O)c3c(c(O)c1C2=O)C[C@@](O)(C(=O)CO)C[C@]3(C)O[C@H]1C[C@H](NC(=O)OCc2ccc(CC(=O)[C@H](CC(=O)O)NC(=O)[C@@H](CC(=O)[C@H](CCC(=O)O)NC(=O)[C@H](CC(=O)O)CC(=O)CNC(=O)[C@@H](C)CCCCN)C(C)C)cc2)[C@H](O)[C@H](C)O1. The van der Waals surface area contributed by atoms with Gasteiger partial charge < -0.3 is 82.1 Å². The molecule has 14 N–H and O–H groups in total. The molecule has 0 unspecified atom stereocenters. The van der Waals surface area contributed by atoms with E-state index >= 15 is 0 Å². The highest BCUT2D eigenvalue weighted by atomic mass is 16.7. The number of carbonyl (C=O) groups excluding carboxylic acids is 10. The Hall–Kier alpha value is -8.87. The quantitative estimate of drug-likeness (QED) is 0.0235. The summed E-state index contributed by atoms with van der Waals surface area (Å²) in [6.45, 7) is 7.43. The highest BCUT2D eigenvalue weighted by Crippen LogP contribution is 2.55. The minimum atomic E-state index is -2.48. The summed E-state index contributed by atoms with van der Waals surface area (Å²) in [5, 5.41) is 95.5. The lowest BCUT2D eigenvalue weighted by Gasteiger charge is -2.47. The average molecular weight is 1330 g/mol. The number of Topliss-reactive ketones (excluding diaryl/α,β-unsaturated/α-hetero) is 4. The summed E-state index contributed by atoms with van der Waals surface area (Å²) in [6.07, 6.45) is -9.63. The Bertz CT molecular complexity index is 3480. The van der Waals surface area contributed by atoms with Gasteiger partial charge in [-0.3, -0.25) is 57.5 Å². The molecule has 11 atom stereocenters. The first-order valence-corrected chi connectivity index (χ1v) is 31.1. The number of aliphatic hydroxyl groups is 3. The normalized spacial score (nSPS) is 21.3. The van der Waals surface area contributed by atoms with Crippen molar-refractivity contribution in [1.82, 2.24) is 21.3 Å². The molecule has 0 radical (unpaired) electrons. The van der Waals surface area contributed by atoms with Gasteiger partial charge in [0.15, 0.2) is 41.0 Å². The first-order chi connectivity index (χ1) is 44.6. The molecule has 3 aliphatic rings. The zero-order valence-electron chi connectivity index (χ0n) is 53.5. The molecule has 1 fully saturated rings. The minimum absolute atomic E-state index is 0.0174. The third-order valence-electron chi connectivity index (χ3n) is 17.5. The van der Waals surface area contributed by atoms with Crippen LogP contribution >= 0.6 is 0 Å². The van der Waals surface area contributed by atoms with Crippen molar-refractivity contribution in [3.63, 3.8) is 0 Å². The number of ether oxygens (including phenoxy) is 3. The molecule has 2 aliphatic carbocycles. The number of rotatable bonds is 34. The highest BCUT2D eigenvalue weighted by molar-refractivity contribution is 6.31. The second-order valence-corrected chi connectivity index (χ2v) is 25.2. The number of aromatic hydroxyl groups is 2. The number of alkyl carbamates (subject to hydrolysis) is 1. The molecule has 1 saturated heterocycles. The number of carboxylic acids is 3. The van der Waals surface area contributed by atoms with E-state index in [0.717, 1.165) is 0 Å². The molecule has 29 nitrogen and oxygen atoms in total. The number of amides is 4. The molecule has 0 aromatic heterocycles. The monoisotopic (exact) mass is 1330 g/mol. The van der Waals surface area contributed by atoms with Crippen LogP contribution in [0.1, 0.15) is 165 Å². The third kappa shape index (κ3) is 18.8. The van der Waals surface area contributed by atoms with Crippen LogP contribution in [0.2, 0.25) is 0 Å². The molecule has 0 saturated carbocycles. The minimum Gasteiger partial charge on any atom is -0.507 e. The van der Waals surface area contributed by atoms with Crippen molar-refractivity contribution in [2.45, 2.75) is 179 Å². The number of aliphatic carboxylic acids is 3. The van der Waals surface area contributed by atoms with Gasteiger partial charge in [0.25, 0.3) is 0 Å². The maximum atomic E-state index is 14.1. The van der Waals surface area contributed by atoms with Gasteiger partial charge in [-0.1, -0.05) is 69.7 Å². The first-order valence-electron chi connectivity index (χ1n) is 31.1. The van der Waals surface area contributed by atoms with E-state index in [1.807, 2.05) is 0 Å². The Morgan fingerprint density at radius 2 is 1.40 bits per heavy atom. The fourth-order valence-corrected chi connectivity index (χ4v) is 12.3. The smallest absolute Gasteiger partial charge is 0.407 e. The van der Waals surface area contributed by atoms with E-state index in [4.69, 9.17) is 19.9 Å². The van der Waals surface area contributed by atoms with Gasteiger partial charge in [0.05, 0.1) is 60.7 Å². The summed E-state index contributed by atoms with van der Waals surface area (Å²) >= 11 is 0. The molecule has 95 heavy (non-hydrogen) atoms. The number of phenols is 2. The molecule has 4 amide bonds. The Morgan fingerprint density at radius 1 is 0.758 bits per heavy atom. The summed E-state index contributed by atoms with van der Waals surface area (Å²) in [5.41, 5.74) is 0.293. The van der Waals surface area contributed by atoms with Crippen molar-refractivity contribution in [3.8, 4) is 11.5 Å². The van der Waals surface area contributed by atoms with Crippen LogP contribution in [0.5, 0.6) is 11.5 Å². The maximum Gasteiger partial charge on any atom is 0.407 e. The van der Waals surface area contributed by atoms with Crippen LogP contribution in [0.15, 0.2) is 42.5 Å². The topological polar surface area (TPSA) is 486 Å². The number of aryl methyl sites for hydroxylation is 1. The Kier molecular flexibility index (Phi) is 25.7. The zero-order chi connectivity index (χ0) is 70.6. The molecule has 516 valence electrons. The van der Waals surface area contributed by atoms with Crippen LogP contribution in [-0.2, 0) is 87.2 Å². The number of benzene rings is 3. The summed E-state index contributed by atoms with van der Waals surface area (Å²) in [5.74, 6) is -17.5. The second-order valence-electron chi connectivity index (χ2n) is 25.2. The van der Waals surface area contributed by atoms with E-state index in [9.17, 15) is 103 Å². The fraction of sp³-hybridized carbons (Fsp3) is 0.530. The van der Waals surface area contributed by atoms with Gasteiger partial charge in [-0.05, 0) is 69.2 Å². The van der Waals surface area contributed by atoms with E-state index in [0.29, 0.717) is 42.5 Å². The predicted octanol–water partition coefficient (Wildman–Crippen LogP) is 2.03. The maximum absolute atomic E-state index is 14.1. The molecular weight excluding hydrogens is 1250 g/mol. The second kappa shape index (κ2) is 32.5. The van der Waals surface area contributed by atoms with Crippen molar-refractivity contribution in [2.24, 2.45) is 29.4 Å². The van der Waals surface area contributed by atoms with E-state index in [1.165, 1.54) is 64.1 Å². The van der Waals surface area contributed by atoms with Crippen LogP contribution in [0.4, 0.5) is 4.79 Å². The number of carbonyl (C=O) groups is 13. The Balaban J connectivity index is 1.08. The molecule has 3 aromatic rings. The number of phenolic OH excluding ortho intramolecular Hbond substituents is 2. The van der Waals surface area contributed by atoms with E-state index in [2.05, 4.69) is 21.3 Å². The molecule has 1 aliphatic heterocycles. The van der Waals surface area contributed by atoms with Crippen LogP contribution in [0, 0.1) is 30.6 Å². The van der Waals surface area contributed by atoms with Gasteiger partial charge in [0, 0.05) is 79.0 Å². The summed E-state index contributed by atoms with van der Waals surface area (Å²) in [7, 11) is 0. The van der Waals surface area contributed by atoms with Gasteiger partial charge in [-0.25, -0.2) is 4.79 Å². The number of unbranched alkanes of at least 4 members (excludes halogenated alkanes) is 1. The van der Waals surface area contributed by atoms with E-state index in [1.54, 1.807) is 19.9 Å². The van der Waals surface area contributed by atoms with Crippen LogP contribution in [-0.4, -0.2) is 179 Å². The Morgan fingerprint density at radius 3 is 2.02 bits per heavy atom. The number of carboxylic acid groups (broad SMARTS) is 3. The lowest BCUT2D eigenvalue weighted by molar-refractivity contribution is -0.275. The van der Waals surface area contributed by atoms with Crippen molar-refractivity contribution < 1.29 is 117 Å². The average Bonchev–Trinajstić information content (AvgIpc) is 0.703. The van der Waals surface area contributed by atoms with Crippen molar-refractivity contribution >= 4 is 76.4 Å². The van der Waals surface area contributed by atoms with E-state index in [-0.39, 0.29) is 35.3 Å².